The molecule has 6 nitrogen and oxygen atoms in total. The number of piperidine rings is 1. The Bertz CT molecular complexity index is 803. The lowest BCUT2D eigenvalue weighted by Crippen LogP contribution is -2.40. The zero-order valence-electron chi connectivity index (χ0n) is 16.4. The SMILES string of the molecule is CCOc1ccc(-c2nc(C(=O)NCCC(=O)N3CCCC(C)C3)cs2)cc1. The molecule has 2 amide bonds. The van der Waals surface area contributed by atoms with Gasteiger partial charge < -0.3 is 15.0 Å². The van der Waals surface area contributed by atoms with Crippen LogP contribution in [0, 0.1) is 5.92 Å². The number of amides is 2. The fraction of sp³-hybridized carbons (Fsp3) is 0.476. The van der Waals surface area contributed by atoms with Crippen molar-refractivity contribution in [2.24, 2.45) is 5.92 Å². The summed E-state index contributed by atoms with van der Waals surface area (Å²) in [5, 5.41) is 5.34. The Morgan fingerprint density at radius 3 is 2.82 bits per heavy atom. The van der Waals surface area contributed by atoms with Crippen molar-refractivity contribution in [3.8, 4) is 16.3 Å². The smallest absolute Gasteiger partial charge is 0.270 e. The molecule has 1 aromatic carbocycles. The van der Waals surface area contributed by atoms with E-state index in [9.17, 15) is 9.59 Å². The van der Waals surface area contributed by atoms with Crippen LogP contribution in [0.4, 0.5) is 0 Å². The van der Waals surface area contributed by atoms with Gasteiger partial charge in [0.05, 0.1) is 6.61 Å². The van der Waals surface area contributed by atoms with Crippen molar-refractivity contribution in [3.05, 3.63) is 35.3 Å². The molecule has 150 valence electrons. The number of aromatic nitrogens is 1. The van der Waals surface area contributed by atoms with Crippen molar-refractivity contribution in [1.82, 2.24) is 15.2 Å². The van der Waals surface area contributed by atoms with Gasteiger partial charge in [-0.2, -0.15) is 0 Å². The van der Waals surface area contributed by atoms with Crippen LogP contribution >= 0.6 is 11.3 Å². The molecular formula is C21H27N3O3S. The van der Waals surface area contributed by atoms with E-state index in [0.717, 1.165) is 35.8 Å². The number of ether oxygens (including phenoxy) is 1. The Labute approximate surface area is 169 Å². The second-order valence-corrected chi connectivity index (χ2v) is 7.95. The van der Waals surface area contributed by atoms with Gasteiger partial charge in [-0.05, 0) is 49.9 Å². The highest BCUT2D eigenvalue weighted by Gasteiger charge is 2.20. The first-order chi connectivity index (χ1) is 13.6. The molecule has 0 spiro atoms. The average Bonchev–Trinajstić information content (AvgIpc) is 3.19. The van der Waals surface area contributed by atoms with E-state index in [0.29, 0.717) is 31.2 Å². The molecular weight excluding hydrogens is 374 g/mol. The van der Waals surface area contributed by atoms with Crippen LogP contribution in [-0.2, 0) is 4.79 Å². The molecule has 1 N–H and O–H groups in total. The van der Waals surface area contributed by atoms with E-state index < -0.39 is 0 Å². The highest BCUT2D eigenvalue weighted by molar-refractivity contribution is 7.13. The molecule has 1 aromatic heterocycles. The van der Waals surface area contributed by atoms with E-state index in [1.165, 1.54) is 17.8 Å². The normalized spacial score (nSPS) is 16.6. The largest absolute Gasteiger partial charge is 0.494 e. The van der Waals surface area contributed by atoms with Crippen molar-refractivity contribution in [2.45, 2.75) is 33.1 Å². The van der Waals surface area contributed by atoms with Gasteiger partial charge in [0.15, 0.2) is 0 Å². The number of likely N-dealkylation sites (tertiary alicyclic amines) is 1. The highest BCUT2D eigenvalue weighted by atomic mass is 32.1. The quantitative estimate of drug-likeness (QED) is 0.770. The fourth-order valence-corrected chi connectivity index (χ4v) is 4.12. The minimum Gasteiger partial charge on any atom is -0.494 e. The molecule has 1 aliphatic rings. The van der Waals surface area contributed by atoms with Crippen molar-refractivity contribution in [2.75, 3.05) is 26.2 Å². The standard InChI is InChI=1S/C21H27N3O3S/c1-3-27-17-8-6-16(7-9-17)21-23-18(14-28-21)20(26)22-11-10-19(25)24-12-4-5-15(2)13-24/h6-9,14-15H,3-5,10-13H2,1-2H3,(H,22,26). The topological polar surface area (TPSA) is 71.5 Å². The van der Waals surface area contributed by atoms with Crippen LogP contribution in [0.1, 0.15) is 43.6 Å². The van der Waals surface area contributed by atoms with Gasteiger partial charge in [-0.15, -0.1) is 11.3 Å². The van der Waals surface area contributed by atoms with Gasteiger partial charge in [0.25, 0.3) is 5.91 Å². The summed E-state index contributed by atoms with van der Waals surface area (Å²) < 4.78 is 5.44. The molecule has 7 heteroatoms. The summed E-state index contributed by atoms with van der Waals surface area (Å²) in [5.74, 6) is 1.24. The van der Waals surface area contributed by atoms with Gasteiger partial charge in [-0.3, -0.25) is 9.59 Å². The van der Waals surface area contributed by atoms with Crippen molar-refractivity contribution >= 4 is 23.2 Å². The number of thiazole rings is 1. The van der Waals surface area contributed by atoms with Gasteiger partial charge in [0, 0.05) is 37.0 Å². The second-order valence-electron chi connectivity index (χ2n) is 7.09. The molecule has 1 aliphatic heterocycles. The summed E-state index contributed by atoms with van der Waals surface area (Å²) in [6.07, 6.45) is 2.57. The van der Waals surface area contributed by atoms with Crippen LogP contribution in [0.15, 0.2) is 29.6 Å². The number of benzene rings is 1. The van der Waals surface area contributed by atoms with E-state index in [2.05, 4.69) is 17.2 Å². The Morgan fingerprint density at radius 1 is 1.32 bits per heavy atom. The van der Waals surface area contributed by atoms with Gasteiger partial charge in [0.1, 0.15) is 16.5 Å². The number of hydrogen-bond acceptors (Lipinski definition) is 5. The third-order valence-electron chi connectivity index (χ3n) is 4.78. The molecule has 2 heterocycles. The first-order valence-corrected chi connectivity index (χ1v) is 10.7. The van der Waals surface area contributed by atoms with Crippen LogP contribution in [0.2, 0.25) is 0 Å². The molecule has 28 heavy (non-hydrogen) atoms. The zero-order chi connectivity index (χ0) is 19.9. The van der Waals surface area contributed by atoms with Gasteiger partial charge in [0.2, 0.25) is 5.91 Å². The monoisotopic (exact) mass is 401 g/mol. The molecule has 1 unspecified atom stereocenters. The molecule has 0 radical (unpaired) electrons. The molecule has 1 atom stereocenters. The van der Waals surface area contributed by atoms with Crippen molar-refractivity contribution in [3.63, 3.8) is 0 Å². The lowest BCUT2D eigenvalue weighted by Gasteiger charge is -2.31. The lowest BCUT2D eigenvalue weighted by molar-refractivity contribution is -0.132. The zero-order valence-corrected chi connectivity index (χ0v) is 17.3. The third-order valence-corrected chi connectivity index (χ3v) is 5.67. The first kappa shape index (κ1) is 20.3. The predicted octanol–water partition coefficient (Wildman–Crippen LogP) is 3.59. The molecule has 1 saturated heterocycles. The maximum atomic E-state index is 12.3. The number of rotatable bonds is 7. The van der Waals surface area contributed by atoms with Crippen LogP contribution in [0.25, 0.3) is 10.6 Å². The van der Waals surface area contributed by atoms with E-state index in [1.807, 2.05) is 36.1 Å². The second kappa shape index (κ2) is 9.68. The number of nitrogens with zero attached hydrogens (tertiary/aromatic N) is 2. The van der Waals surface area contributed by atoms with Crippen LogP contribution in [0.5, 0.6) is 5.75 Å². The highest BCUT2D eigenvalue weighted by Crippen LogP contribution is 2.25. The third kappa shape index (κ3) is 5.32. The van der Waals surface area contributed by atoms with Crippen LogP contribution in [0.3, 0.4) is 0 Å². The van der Waals surface area contributed by atoms with E-state index in [-0.39, 0.29) is 11.8 Å². The lowest BCUT2D eigenvalue weighted by atomic mass is 10.00. The number of carbonyl (C=O) groups excluding carboxylic acids is 2. The maximum absolute atomic E-state index is 12.3. The van der Waals surface area contributed by atoms with Gasteiger partial charge in [-0.25, -0.2) is 4.98 Å². The summed E-state index contributed by atoms with van der Waals surface area (Å²) >= 11 is 1.42. The van der Waals surface area contributed by atoms with Gasteiger partial charge in [-0.1, -0.05) is 6.92 Å². The first-order valence-electron chi connectivity index (χ1n) is 9.81. The molecule has 0 saturated carbocycles. The number of hydrogen-bond donors (Lipinski definition) is 1. The summed E-state index contributed by atoms with van der Waals surface area (Å²) in [6, 6.07) is 7.66. The number of carbonyl (C=O) groups is 2. The average molecular weight is 402 g/mol. The van der Waals surface area contributed by atoms with Crippen molar-refractivity contribution < 1.29 is 14.3 Å². The van der Waals surface area contributed by atoms with Crippen LogP contribution in [-0.4, -0.2) is 47.9 Å². The maximum Gasteiger partial charge on any atom is 0.270 e. The minimum atomic E-state index is -0.242. The predicted molar refractivity (Wildman–Crippen MR) is 111 cm³/mol. The van der Waals surface area contributed by atoms with E-state index >= 15 is 0 Å². The summed E-state index contributed by atoms with van der Waals surface area (Å²) in [5.41, 5.74) is 1.33. The fourth-order valence-electron chi connectivity index (χ4n) is 3.32. The van der Waals surface area contributed by atoms with E-state index in [4.69, 9.17) is 4.74 Å². The molecule has 2 aromatic rings. The Balaban J connectivity index is 1.49. The molecule has 0 aliphatic carbocycles. The van der Waals surface area contributed by atoms with Crippen molar-refractivity contribution in [1.29, 1.82) is 0 Å². The summed E-state index contributed by atoms with van der Waals surface area (Å²) in [4.78, 5) is 30.9. The number of nitrogens with one attached hydrogen (secondary N) is 1. The molecule has 1 fully saturated rings. The molecule has 0 bridgehead atoms. The Kier molecular flexibility index (Phi) is 7.03. The Hall–Kier alpha value is -2.41. The summed E-state index contributed by atoms with van der Waals surface area (Å²) in [7, 11) is 0. The van der Waals surface area contributed by atoms with E-state index in [1.54, 1.807) is 5.38 Å². The van der Waals surface area contributed by atoms with Gasteiger partial charge >= 0.3 is 0 Å². The Morgan fingerprint density at radius 2 is 2.11 bits per heavy atom. The van der Waals surface area contributed by atoms with Crippen LogP contribution < -0.4 is 10.1 Å². The minimum absolute atomic E-state index is 0.111. The molecule has 3 rings (SSSR count). The summed E-state index contributed by atoms with van der Waals surface area (Å²) in [6.45, 7) is 6.73.